The molecule has 2 N–H and O–H groups in total. The van der Waals surface area contributed by atoms with Crippen molar-refractivity contribution >= 4 is 6.29 Å². The van der Waals surface area contributed by atoms with Gasteiger partial charge in [0.15, 0.2) is 11.5 Å². The van der Waals surface area contributed by atoms with Crippen LogP contribution in [-0.2, 0) is 11.2 Å². The van der Waals surface area contributed by atoms with Crippen molar-refractivity contribution in [2.75, 3.05) is 14.2 Å². The van der Waals surface area contributed by atoms with E-state index in [0.717, 1.165) is 19.0 Å². The largest absolute Gasteiger partial charge is 0.504 e. The van der Waals surface area contributed by atoms with E-state index in [1.54, 1.807) is 18.2 Å². The van der Waals surface area contributed by atoms with Gasteiger partial charge < -0.3 is 19.7 Å². The Labute approximate surface area is 89.1 Å². The minimum Gasteiger partial charge on any atom is -0.504 e. The summed E-state index contributed by atoms with van der Waals surface area (Å²) in [5, 5.41) is 16.3. The Morgan fingerprint density at radius 2 is 2.07 bits per heavy atom. The van der Waals surface area contributed by atoms with Crippen molar-refractivity contribution in [2.24, 2.45) is 0 Å². The summed E-state index contributed by atoms with van der Waals surface area (Å²) < 4.78 is 4.93. The number of carbonyl (C=O) groups excluding carboxylic acids is 1. The summed E-state index contributed by atoms with van der Waals surface area (Å²) in [4.78, 5) is 10.1. The highest BCUT2D eigenvalue weighted by atomic mass is 16.5. The summed E-state index contributed by atoms with van der Waals surface area (Å²) in [5.41, 5.74) is 0.988. The number of aldehydes is 1. The Morgan fingerprint density at radius 3 is 2.60 bits per heavy atom. The van der Waals surface area contributed by atoms with Gasteiger partial charge in [0, 0.05) is 13.5 Å². The van der Waals surface area contributed by atoms with E-state index in [0.29, 0.717) is 18.6 Å². The van der Waals surface area contributed by atoms with Crippen LogP contribution in [-0.4, -0.2) is 30.7 Å². The van der Waals surface area contributed by atoms with Crippen LogP contribution in [0.1, 0.15) is 12.0 Å². The Hall–Kier alpha value is -1.55. The van der Waals surface area contributed by atoms with Crippen LogP contribution in [0.5, 0.6) is 11.5 Å². The third kappa shape index (κ3) is 4.46. The number of ether oxygens (including phenoxy) is 1. The summed E-state index contributed by atoms with van der Waals surface area (Å²) in [6.45, 7) is 0. The molecule has 1 aromatic rings. The van der Waals surface area contributed by atoms with Crippen LogP contribution in [0.2, 0.25) is 0 Å². The Kier molecular flexibility index (Phi) is 7.01. The molecule has 0 fully saturated rings. The summed E-state index contributed by atoms with van der Waals surface area (Å²) >= 11 is 0. The van der Waals surface area contributed by atoms with Gasteiger partial charge in [-0.1, -0.05) is 6.07 Å². The van der Waals surface area contributed by atoms with Gasteiger partial charge in [0.25, 0.3) is 0 Å². The van der Waals surface area contributed by atoms with Gasteiger partial charge in [-0.2, -0.15) is 0 Å². The normalized spacial score (nSPS) is 8.73. The fourth-order valence-electron chi connectivity index (χ4n) is 1.10. The Balaban J connectivity index is 0.000000921. The van der Waals surface area contributed by atoms with E-state index in [9.17, 15) is 9.90 Å². The zero-order chi connectivity index (χ0) is 11.7. The molecule has 15 heavy (non-hydrogen) atoms. The average molecular weight is 212 g/mol. The van der Waals surface area contributed by atoms with E-state index >= 15 is 0 Å². The zero-order valence-corrected chi connectivity index (χ0v) is 8.93. The van der Waals surface area contributed by atoms with Crippen LogP contribution in [0.15, 0.2) is 18.2 Å². The van der Waals surface area contributed by atoms with Gasteiger partial charge in [-0.3, -0.25) is 0 Å². The van der Waals surface area contributed by atoms with Crippen LogP contribution in [0, 0.1) is 0 Å². The Morgan fingerprint density at radius 1 is 1.40 bits per heavy atom. The van der Waals surface area contributed by atoms with Gasteiger partial charge in [0.05, 0.1) is 7.11 Å². The molecular weight excluding hydrogens is 196 g/mol. The lowest BCUT2D eigenvalue weighted by molar-refractivity contribution is -0.107. The number of rotatable bonds is 4. The number of aliphatic hydroxyl groups is 1. The standard InChI is InChI=1S/C10H12O3.CH4O/c1-13-10-7-8(3-2-6-11)4-5-9(10)12;1-2/h4-7,12H,2-3H2,1H3;2H,1H3. The smallest absolute Gasteiger partial charge is 0.160 e. The first-order chi connectivity index (χ1) is 7.27. The number of phenolic OH excluding ortho intramolecular Hbond substituents is 1. The summed E-state index contributed by atoms with van der Waals surface area (Å²) in [7, 11) is 2.50. The zero-order valence-electron chi connectivity index (χ0n) is 8.93. The maximum Gasteiger partial charge on any atom is 0.160 e. The molecule has 0 unspecified atom stereocenters. The van der Waals surface area contributed by atoms with Crippen molar-refractivity contribution < 1.29 is 19.7 Å². The molecule has 0 aromatic heterocycles. The highest BCUT2D eigenvalue weighted by Crippen LogP contribution is 2.26. The minimum atomic E-state index is 0.123. The minimum absolute atomic E-state index is 0.123. The van der Waals surface area contributed by atoms with Crippen molar-refractivity contribution in [3.63, 3.8) is 0 Å². The van der Waals surface area contributed by atoms with E-state index in [4.69, 9.17) is 9.84 Å². The van der Waals surface area contributed by atoms with E-state index in [-0.39, 0.29) is 5.75 Å². The maximum absolute atomic E-state index is 10.1. The molecule has 0 saturated carbocycles. The number of carbonyl (C=O) groups is 1. The molecule has 0 amide bonds. The number of phenols is 1. The number of benzene rings is 1. The third-order valence-corrected chi connectivity index (χ3v) is 1.79. The molecule has 0 heterocycles. The van der Waals surface area contributed by atoms with Crippen molar-refractivity contribution in [1.29, 1.82) is 0 Å². The molecule has 0 aliphatic heterocycles. The molecule has 84 valence electrons. The second-order valence-corrected chi connectivity index (χ2v) is 2.71. The molecule has 0 atom stereocenters. The molecular formula is C11H16O4. The number of aryl methyl sites for hydroxylation is 1. The lowest BCUT2D eigenvalue weighted by Gasteiger charge is -2.04. The first kappa shape index (κ1) is 13.5. The van der Waals surface area contributed by atoms with E-state index in [1.165, 1.54) is 7.11 Å². The second kappa shape index (κ2) is 7.82. The van der Waals surface area contributed by atoms with Crippen molar-refractivity contribution in [3.8, 4) is 11.5 Å². The first-order valence-corrected chi connectivity index (χ1v) is 4.52. The molecule has 4 heteroatoms. The summed E-state index contributed by atoms with van der Waals surface area (Å²) in [5.74, 6) is 0.570. The van der Waals surface area contributed by atoms with Crippen molar-refractivity contribution in [3.05, 3.63) is 23.8 Å². The van der Waals surface area contributed by atoms with Crippen molar-refractivity contribution in [1.82, 2.24) is 0 Å². The Bertz CT molecular complexity index is 297. The molecule has 0 aliphatic rings. The molecule has 0 saturated heterocycles. The van der Waals surface area contributed by atoms with Gasteiger partial charge in [-0.15, -0.1) is 0 Å². The van der Waals surface area contributed by atoms with Crippen LogP contribution < -0.4 is 4.74 Å². The van der Waals surface area contributed by atoms with Crippen LogP contribution >= 0.6 is 0 Å². The van der Waals surface area contributed by atoms with Gasteiger partial charge in [0.1, 0.15) is 6.29 Å². The lowest BCUT2D eigenvalue weighted by Crippen LogP contribution is -1.89. The monoisotopic (exact) mass is 212 g/mol. The second-order valence-electron chi connectivity index (χ2n) is 2.71. The highest BCUT2D eigenvalue weighted by Gasteiger charge is 2.01. The summed E-state index contributed by atoms with van der Waals surface area (Å²) in [6, 6.07) is 5.08. The number of aliphatic hydroxyl groups excluding tert-OH is 1. The molecule has 4 nitrogen and oxygen atoms in total. The van der Waals surface area contributed by atoms with Gasteiger partial charge in [0.2, 0.25) is 0 Å². The van der Waals surface area contributed by atoms with E-state index < -0.39 is 0 Å². The fraction of sp³-hybridized carbons (Fsp3) is 0.364. The van der Waals surface area contributed by atoms with Gasteiger partial charge in [-0.05, 0) is 24.1 Å². The molecule has 0 aliphatic carbocycles. The van der Waals surface area contributed by atoms with Crippen LogP contribution in [0.25, 0.3) is 0 Å². The number of aromatic hydroxyl groups is 1. The van der Waals surface area contributed by atoms with Crippen molar-refractivity contribution in [2.45, 2.75) is 12.8 Å². The third-order valence-electron chi connectivity index (χ3n) is 1.79. The van der Waals surface area contributed by atoms with Crippen LogP contribution in [0.4, 0.5) is 0 Å². The topological polar surface area (TPSA) is 66.8 Å². The van der Waals surface area contributed by atoms with E-state index in [2.05, 4.69) is 0 Å². The molecule has 0 spiro atoms. The number of hydrogen-bond donors (Lipinski definition) is 2. The number of methoxy groups -OCH3 is 1. The molecule has 0 radical (unpaired) electrons. The predicted molar refractivity (Wildman–Crippen MR) is 57.2 cm³/mol. The predicted octanol–water partition coefficient (Wildman–Crippen LogP) is 1.14. The SMILES string of the molecule is CO.COc1cc(CCC=O)ccc1O. The first-order valence-electron chi connectivity index (χ1n) is 4.52. The average Bonchev–Trinajstić information content (AvgIpc) is 2.30. The van der Waals surface area contributed by atoms with Gasteiger partial charge in [-0.25, -0.2) is 0 Å². The molecule has 0 bridgehead atoms. The van der Waals surface area contributed by atoms with E-state index in [1.807, 2.05) is 0 Å². The molecule has 1 rings (SSSR count). The number of hydrogen-bond acceptors (Lipinski definition) is 4. The molecule has 1 aromatic carbocycles. The highest BCUT2D eigenvalue weighted by molar-refractivity contribution is 5.50. The maximum atomic E-state index is 10.1. The van der Waals surface area contributed by atoms with Crippen LogP contribution in [0.3, 0.4) is 0 Å². The van der Waals surface area contributed by atoms with Gasteiger partial charge >= 0.3 is 0 Å². The summed E-state index contributed by atoms with van der Waals surface area (Å²) in [6.07, 6.45) is 2.05. The quantitative estimate of drug-likeness (QED) is 0.734. The lowest BCUT2D eigenvalue weighted by atomic mass is 10.1. The fourth-order valence-corrected chi connectivity index (χ4v) is 1.10.